The maximum atomic E-state index is 8.17. The van der Waals surface area contributed by atoms with Crippen molar-refractivity contribution in [3.8, 4) is 12.3 Å². The molecule has 0 amide bonds. The van der Waals surface area contributed by atoms with Crippen LogP contribution in [0.4, 0.5) is 0 Å². The molecule has 0 spiro atoms. The second-order valence-corrected chi connectivity index (χ2v) is 1.08. The van der Waals surface area contributed by atoms with Crippen LogP contribution in [0.2, 0.25) is 0 Å². The van der Waals surface area contributed by atoms with Gasteiger partial charge in [-0.25, -0.2) is 0 Å². The zero-order chi connectivity index (χ0) is 5.54. The molecule has 1 heteroatoms. The number of rotatable bonds is 2. The van der Waals surface area contributed by atoms with E-state index < -0.39 is 0 Å². The molecule has 0 aliphatic heterocycles. The smallest absolute Gasteiger partial charge is 0.0465 e. The summed E-state index contributed by atoms with van der Waals surface area (Å²) in [5, 5.41) is 8.17. The first-order valence-corrected chi connectivity index (χ1v) is 2.14. The summed E-state index contributed by atoms with van der Waals surface area (Å²) in [5.41, 5.74) is 0. The van der Waals surface area contributed by atoms with Gasteiger partial charge in [0.15, 0.2) is 0 Å². The van der Waals surface area contributed by atoms with Crippen molar-refractivity contribution in [2.24, 2.45) is 0 Å². The Labute approximate surface area is 43.7 Å². The van der Waals surface area contributed by atoms with Gasteiger partial charge in [-0.1, -0.05) is 12.0 Å². The van der Waals surface area contributed by atoms with Crippen LogP contribution in [0.3, 0.4) is 0 Å². The lowest BCUT2D eigenvalue weighted by molar-refractivity contribution is 0.302. The minimum atomic E-state index is 0.179. The number of aliphatic hydroxyl groups is 1. The molecule has 0 aliphatic carbocycles. The van der Waals surface area contributed by atoms with Crippen LogP contribution in [0, 0.1) is 12.3 Å². The highest BCUT2D eigenvalue weighted by atomic mass is 16.2. The zero-order valence-electron chi connectivity index (χ0n) is 4.09. The fraction of sp³-hybridized carbons (Fsp3) is 0.333. The Morgan fingerprint density at radius 2 is 2.43 bits per heavy atom. The van der Waals surface area contributed by atoms with Gasteiger partial charge >= 0.3 is 0 Å². The van der Waals surface area contributed by atoms with Crippen LogP contribution in [0.25, 0.3) is 0 Å². The fourth-order valence-corrected chi connectivity index (χ4v) is 0.226. The second-order valence-electron chi connectivity index (χ2n) is 1.08. The maximum absolute atomic E-state index is 8.17. The highest BCUT2D eigenvalue weighted by molar-refractivity contribution is 5.08. The van der Waals surface area contributed by atoms with Crippen molar-refractivity contribution in [1.82, 2.24) is 0 Å². The van der Waals surface area contributed by atoms with E-state index in [1.54, 1.807) is 12.2 Å². The highest BCUT2D eigenvalue weighted by Crippen LogP contribution is 1.76. The van der Waals surface area contributed by atoms with E-state index in [0.717, 1.165) is 0 Å². The molecular weight excluding hydrogens is 88.1 g/mol. The van der Waals surface area contributed by atoms with Gasteiger partial charge < -0.3 is 5.11 Å². The molecule has 0 radical (unpaired) electrons. The predicted octanol–water partition coefficient (Wildman–Crippen LogP) is 0.558. The van der Waals surface area contributed by atoms with Gasteiger partial charge in [0.1, 0.15) is 0 Å². The fourth-order valence-electron chi connectivity index (χ4n) is 0.226. The van der Waals surface area contributed by atoms with Crippen LogP contribution < -0.4 is 0 Å². The first-order chi connectivity index (χ1) is 3.41. The first kappa shape index (κ1) is 6.26. The van der Waals surface area contributed by atoms with E-state index in [1.165, 1.54) is 0 Å². The van der Waals surface area contributed by atoms with Gasteiger partial charge in [-0.05, 0) is 12.5 Å². The molecule has 7 heavy (non-hydrogen) atoms. The Hall–Kier alpha value is -0.740. The van der Waals surface area contributed by atoms with Crippen LogP contribution >= 0.6 is 0 Å². The Morgan fingerprint density at radius 1 is 1.71 bits per heavy atom. The SMILES string of the molecule is C#CC=CCCO. The third-order valence-corrected chi connectivity index (χ3v) is 0.510. The highest BCUT2D eigenvalue weighted by Gasteiger charge is 1.67. The van der Waals surface area contributed by atoms with Gasteiger partial charge in [0.05, 0.1) is 0 Å². The Balaban J connectivity index is 2.97. The molecule has 0 saturated heterocycles. The van der Waals surface area contributed by atoms with E-state index >= 15 is 0 Å². The van der Waals surface area contributed by atoms with E-state index in [4.69, 9.17) is 11.5 Å². The molecule has 0 aromatic carbocycles. The number of hydrogen-bond donors (Lipinski definition) is 1. The minimum Gasteiger partial charge on any atom is -0.396 e. The topological polar surface area (TPSA) is 20.2 Å². The van der Waals surface area contributed by atoms with Gasteiger partial charge in [-0.15, -0.1) is 6.42 Å². The molecule has 1 nitrogen and oxygen atoms in total. The van der Waals surface area contributed by atoms with Crippen LogP contribution in [-0.4, -0.2) is 11.7 Å². The number of hydrogen-bond acceptors (Lipinski definition) is 1. The molecule has 0 aromatic rings. The number of allylic oxidation sites excluding steroid dienone is 1. The van der Waals surface area contributed by atoms with Crippen molar-refractivity contribution in [3.05, 3.63) is 12.2 Å². The van der Waals surface area contributed by atoms with E-state index in [9.17, 15) is 0 Å². The normalized spacial score (nSPS) is 9.14. The summed E-state index contributed by atoms with van der Waals surface area (Å²) >= 11 is 0. The van der Waals surface area contributed by atoms with Gasteiger partial charge in [-0.3, -0.25) is 0 Å². The largest absolute Gasteiger partial charge is 0.396 e. The van der Waals surface area contributed by atoms with Gasteiger partial charge in [0.25, 0.3) is 0 Å². The molecule has 0 aromatic heterocycles. The van der Waals surface area contributed by atoms with E-state index in [1.807, 2.05) is 0 Å². The monoisotopic (exact) mass is 96.1 g/mol. The molecule has 0 atom stereocenters. The third-order valence-electron chi connectivity index (χ3n) is 0.510. The number of aliphatic hydroxyl groups excluding tert-OH is 1. The Kier molecular flexibility index (Phi) is 4.70. The summed E-state index contributed by atoms with van der Waals surface area (Å²) in [5.74, 6) is 2.31. The van der Waals surface area contributed by atoms with E-state index in [-0.39, 0.29) is 6.61 Å². The van der Waals surface area contributed by atoms with Gasteiger partial charge in [0, 0.05) is 6.61 Å². The Bertz CT molecular complexity index is 86.8. The molecular formula is C6H8O. The van der Waals surface area contributed by atoms with Gasteiger partial charge in [0.2, 0.25) is 0 Å². The third kappa shape index (κ3) is 5.26. The second kappa shape index (κ2) is 5.26. The quantitative estimate of drug-likeness (QED) is 0.498. The molecule has 0 fully saturated rings. The summed E-state index contributed by atoms with van der Waals surface area (Å²) in [6.45, 7) is 0.179. The molecule has 0 rings (SSSR count). The molecule has 0 saturated carbocycles. The van der Waals surface area contributed by atoms with Crippen molar-refractivity contribution in [2.75, 3.05) is 6.61 Å². The van der Waals surface area contributed by atoms with Gasteiger partial charge in [-0.2, -0.15) is 0 Å². The summed E-state index contributed by atoms with van der Waals surface area (Å²) < 4.78 is 0. The molecule has 38 valence electrons. The van der Waals surface area contributed by atoms with Crippen molar-refractivity contribution >= 4 is 0 Å². The lowest BCUT2D eigenvalue weighted by Gasteiger charge is -1.76. The minimum absolute atomic E-state index is 0.179. The lowest BCUT2D eigenvalue weighted by atomic mass is 10.4. The predicted molar refractivity (Wildman–Crippen MR) is 29.7 cm³/mol. The first-order valence-electron chi connectivity index (χ1n) is 2.14. The average Bonchev–Trinajstić information content (AvgIpc) is 1.69. The summed E-state index contributed by atoms with van der Waals surface area (Å²) in [7, 11) is 0. The lowest BCUT2D eigenvalue weighted by Crippen LogP contribution is -1.73. The van der Waals surface area contributed by atoms with Crippen molar-refractivity contribution < 1.29 is 5.11 Å². The van der Waals surface area contributed by atoms with Crippen LogP contribution in [0.1, 0.15) is 6.42 Å². The summed E-state index contributed by atoms with van der Waals surface area (Å²) in [4.78, 5) is 0. The van der Waals surface area contributed by atoms with E-state index in [2.05, 4.69) is 5.92 Å². The zero-order valence-corrected chi connectivity index (χ0v) is 4.09. The standard InChI is InChI=1S/C6H8O/c1-2-3-4-5-6-7/h1,3-4,7H,5-6H2. The van der Waals surface area contributed by atoms with Crippen LogP contribution in [0.15, 0.2) is 12.2 Å². The number of terminal acetylenes is 1. The van der Waals surface area contributed by atoms with Crippen molar-refractivity contribution in [1.29, 1.82) is 0 Å². The average molecular weight is 96.1 g/mol. The van der Waals surface area contributed by atoms with E-state index in [0.29, 0.717) is 6.42 Å². The summed E-state index contributed by atoms with van der Waals surface area (Å²) in [6.07, 6.45) is 8.84. The Morgan fingerprint density at radius 3 is 2.86 bits per heavy atom. The molecule has 0 heterocycles. The molecule has 0 aliphatic rings. The molecule has 1 N–H and O–H groups in total. The van der Waals surface area contributed by atoms with Crippen LogP contribution in [-0.2, 0) is 0 Å². The van der Waals surface area contributed by atoms with Crippen molar-refractivity contribution in [2.45, 2.75) is 6.42 Å². The van der Waals surface area contributed by atoms with Crippen molar-refractivity contribution in [3.63, 3.8) is 0 Å². The summed E-state index contributed by atoms with van der Waals surface area (Å²) in [6, 6.07) is 0. The molecule has 0 unspecified atom stereocenters. The maximum Gasteiger partial charge on any atom is 0.0465 e. The van der Waals surface area contributed by atoms with Crippen LogP contribution in [0.5, 0.6) is 0 Å². The molecule has 0 bridgehead atoms.